The highest BCUT2D eigenvalue weighted by molar-refractivity contribution is 14.1. The van der Waals surface area contributed by atoms with Gasteiger partial charge in [0, 0.05) is 9.26 Å². The number of hydrogen-bond acceptors (Lipinski definition) is 3. The van der Waals surface area contributed by atoms with Crippen LogP contribution in [0.4, 0.5) is 5.69 Å². The van der Waals surface area contributed by atoms with Crippen molar-refractivity contribution < 1.29 is 14.3 Å². The number of hydrogen-bond donors (Lipinski definition) is 1. The molecule has 0 spiro atoms. The number of anilines is 1. The molecule has 2 aromatic rings. The number of aryl methyl sites for hydroxylation is 2. The van der Waals surface area contributed by atoms with Crippen molar-refractivity contribution in [3.8, 4) is 0 Å². The fourth-order valence-electron chi connectivity index (χ4n) is 1.85. The number of ether oxygens (including phenoxy) is 1. The molecule has 5 heteroatoms. The normalized spacial score (nSPS) is 10.1. The van der Waals surface area contributed by atoms with Crippen molar-refractivity contribution in [3.63, 3.8) is 0 Å². The van der Waals surface area contributed by atoms with E-state index in [1.165, 1.54) is 0 Å². The summed E-state index contributed by atoms with van der Waals surface area (Å²) in [6.07, 6.45) is 0. The fraction of sp³-hybridized carbons (Fsp3) is 0.176. The maximum absolute atomic E-state index is 11.9. The lowest BCUT2D eigenvalue weighted by atomic mass is 10.1. The molecular formula is C17H16INO3. The van der Waals surface area contributed by atoms with Gasteiger partial charge in [0.25, 0.3) is 5.91 Å². The first-order valence-corrected chi connectivity index (χ1v) is 7.84. The van der Waals surface area contributed by atoms with E-state index < -0.39 is 5.97 Å². The molecule has 0 saturated carbocycles. The van der Waals surface area contributed by atoms with Crippen LogP contribution in [0.2, 0.25) is 0 Å². The summed E-state index contributed by atoms with van der Waals surface area (Å²) in [5, 5.41) is 2.71. The number of esters is 1. The molecule has 114 valence electrons. The number of benzene rings is 2. The van der Waals surface area contributed by atoms with E-state index in [-0.39, 0.29) is 12.5 Å². The largest absolute Gasteiger partial charge is 0.452 e. The molecule has 0 bridgehead atoms. The van der Waals surface area contributed by atoms with E-state index in [0.29, 0.717) is 11.3 Å². The van der Waals surface area contributed by atoms with Crippen LogP contribution in [0, 0.1) is 17.4 Å². The zero-order valence-electron chi connectivity index (χ0n) is 12.4. The standard InChI is InChI=1S/C17H16INO3/c1-11-7-8-13(9-12(11)2)19-16(20)10-22-17(21)14-5-3-4-6-15(14)18/h3-9H,10H2,1-2H3,(H,19,20). The number of halogens is 1. The molecule has 0 fully saturated rings. The highest BCUT2D eigenvalue weighted by atomic mass is 127. The van der Waals surface area contributed by atoms with Gasteiger partial charge in [-0.3, -0.25) is 4.79 Å². The molecular weight excluding hydrogens is 393 g/mol. The Morgan fingerprint density at radius 1 is 1.09 bits per heavy atom. The SMILES string of the molecule is Cc1ccc(NC(=O)COC(=O)c2ccccc2I)cc1C. The third-order valence-corrected chi connectivity index (χ3v) is 4.16. The van der Waals surface area contributed by atoms with Crippen LogP contribution >= 0.6 is 22.6 Å². The fourth-order valence-corrected chi connectivity index (χ4v) is 2.46. The Morgan fingerprint density at radius 3 is 2.50 bits per heavy atom. The molecule has 0 aliphatic heterocycles. The average Bonchev–Trinajstić information content (AvgIpc) is 2.49. The predicted octanol–water partition coefficient (Wildman–Crippen LogP) is 3.70. The number of carbonyl (C=O) groups is 2. The summed E-state index contributed by atoms with van der Waals surface area (Å²) in [5.41, 5.74) is 3.40. The van der Waals surface area contributed by atoms with Gasteiger partial charge in [0.2, 0.25) is 0 Å². The molecule has 4 nitrogen and oxygen atoms in total. The van der Waals surface area contributed by atoms with E-state index in [2.05, 4.69) is 27.9 Å². The monoisotopic (exact) mass is 409 g/mol. The zero-order valence-corrected chi connectivity index (χ0v) is 14.5. The first kappa shape index (κ1) is 16.5. The van der Waals surface area contributed by atoms with Crippen molar-refractivity contribution in [1.29, 1.82) is 0 Å². The lowest BCUT2D eigenvalue weighted by Gasteiger charge is -2.09. The minimum Gasteiger partial charge on any atom is -0.452 e. The molecule has 0 aliphatic rings. The maximum atomic E-state index is 11.9. The van der Waals surface area contributed by atoms with E-state index in [9.17, 15) is 9.59 Å². The summed E-state index contributed by atoms with van der Waals surface area (Å²) < 4.78 is 5.83. The van der Waals surface area contributed by atoms with Crippen LogP contribution in [0.25, 0.3) is 0 Å². The van der Waals surface area contributed by atoms with Crippen LogP contribution in [0.5, 0.6) is 0 Å². The van der Waals surface area contributed by atoms with Gasteiger partial charge in [-0.25, -0.2) is 4.79 Å². The molecule has 0 saturated heterocycles. The molecule has 0 unspecified atom stereocenters. The Kier molecular flexibility index (Phi) is 5.54. The van der Waals surface area contributed by atoms with Gasteiger partial charge in [0.05, 0.1) is 5.56 Å². The van der Waals surface area contributed by atoms with Gasteiger partial charge in [-0.05, 0) is 71.8 Å². The summed E-state index contributed by atoms with van der Waals surface area (Å²) in [6, 6.07) is 12.7. The summed E-state index contributed by atoms with van der Waals surface area (Å²) in [4.78, 5) is 23.8. The highest BCUT2D eigenvalue weighted by Gasteiger charge is 2.13. The molecule has 2 aromatic carbocycles. The number of rotatable bonds is 4. The Morgan fingerprint density at radius 2 is 1.82 bits per heavy atom. The average molecular weight is 409 g/mol. The Labute approximate surface area is 143 Å². The van der Waals surface area contributed by atoms with Crippen LogP contribution in [0.15, 0.2) is 42.5 Å². The Balaban J connectivity index is 1.91. The molecule has 2 rings (SSSR count). The smallest absolute Gasteiger partial charge is 0.339 e. The minimum atomic E-state index is -0.500. The van der Waals surface area contributed by atoms with E-state index in [4.69, 9.17) is 4.74 Å². The van der Waals surface area contributed by atoms with Crippen molar-refractivity contribution in [2.45, 2.75) is 13.8 Å². The summed E-state index contributed by atoms with van der Waals surface area (Å²) >= 11 is 2.06. The van der Waals surface area contributed by atoms with Gasteiger partial charge < -0.3 is 10.1 Å². The van der Waals surface area contributed by atoms with Gasteiger partial charge in [0.1, 0.15) is 0 Å². The number of amides is 1. The molecule has 0 heterocycles. The van der Waals surface area contributed by atoms with Gasteiger partial charge in [0.15, 0.2) is 6.61 Å². The van der Waals surface area contributed by atoms with Crippen molar-refractivity contribution in [1.82, 2.24) is 0 Å². The molecule has 0 atom stereocenters. The molecule has 22 heavy (non-hydrogen) atoms. The highest BCUT2D eigenvalue weighted by Crippen LogP contribution is 2.15. The van der Waals surface area contributed by atoms with Crippen molar-refractivity contribution in [3.05, 3.63) is 62.7 Å². The van der Waals surface area contributed by atoms with E-state index in [0.717, 1.165) is 14.7 Å². The maximum Gasteiger partial charge on any atom is 0.339 e. The lowest BCUT2D eigenvalue weighted by Crippen LogP contribution is -2.21. The minimum absolute atomic E-state index is 0.309. The third-order valence-electron chi connectivity index (χ3n) is 3.22. The van der Waals surface area contributed by atoms with Crippen LogP contribution in [0.3, 0.4) is 0 Å². The number of carbonyl (C=O) groups excluding carboxylic acids is 2. The second-order valence-corrected chi connectivity index (χ2v) is 6.07. The zero-order chi connectivity index (χ0) is 16.1. The van der Waals surface area contributed by atoms with E-state index >= 15 is 0 Å². The van der Waals surface area contributed by atoms with E-state index in [1.807, 2.05) is 44.2 Å². The van der Waals surface area contributed by atoms with Gasteiger partial charge in [-0.1, -0.05) is 18.2 Å². The number of nitrogens with one attached hydrogen (secondary N) is 1. The molecule has 0 radical (unpaired) electrons. The van der Waals surface area contributed by atoms with Crippen molar-refractivity contribution in [2.75, 3.05) is 11.9 Å². The Bertz CT molecular complexity index is 713. The summed E-state index contributed by atoms with van der Waals surface area (Å²) in [7, 11) is 0. The molecule has 0 aliphatic carbocycles. The molecule has 1 amide bonds. The first-order valence-electron chi connectivity index (χ1n) is 6.76. The predicted molar refractivity (Wildman–Crippen MR) is 94.0 cm³/mol. The van der Waals surface area contributed by atoms with Gasteiger partial charge >= 0.3 is 5.97 Å². The van der Waals surface area contributed by atoms with Gasteiger partial charge in [-0.2, -0.15) is 0 Å². The summed E-state index contributed by atoms with van der Waals surface area (Å²) in [5.74, 6) is -0.859. The van der Waals surface area contributed by atoms with Crippen LogP contribution in [0.1, 0.15) is 21.5 Å². The Hall–Kier alpha value is -1.89. The molecule has 1 N–H and O–H groups in total. The van der Waals surface area contributed by atoms with Crippen molar-refractivity contribution in [2.24, 2.45) is 0 Å². The molecule has 0 aromatic heterocycles. The third kappa shape index (κ3) is 4.30. The second-order valence-electron chi connectivity index (χ2n) is 4.90. The van der Waals surface area contributed by atoms with E-state index in [1.54, 1.807) is 12.1 Å². The first-order chi connectivity index (χ1) is 10.5. The van der Waals surface area contributed by atoms with Crippen molar-refractivity contribution >= 4 is 40.2 Å². The van der Waals surface area contributed by atoms with Crippen LogP contribution < -0.4 is 5.32 Å². The van der Waals surface area contributed by atoms with Gasteiger partial charge in [-0.15, -0.1) is 0 Å². The quantitative estimate of drug-likeness (QED) is 0.619. The topological polar surface area (TPSA) is 55.4 Å². The van der Waals surface area contributed by atoms with Crippen LogP contribution in [-0.4, -0.2) is 18.5 Å². The summed E-state index contributed by atoms with van der Waals surface area (Å²) in [6.45, 7) is 3.67. The van der Waals surface area contributed by atoms with Crippen LogP contribution in [-0.2, 0) is 9.53 Å². The lowest BCUT2D eigenvalue weighted by molar-refractivity contribution is -0.119. The second kappa shape index (κ2) is 7.40.